The average Bonchev–Trinajstić information content (AvgIpc) is 2.87. The molecule has 1 aliphatic heterocycles. The highest BCUT2D eigenvalue weighted by Gasteiger charge is 2.16. The molecule has 3 aromatic heterocycles. The summed E-state index contributed by atoms with van der Waals surface area (Å²) in [6.07, 6.45) is 10.3. The van der Waals surface area contributed by atoms with Crippen molar-refractivity contribution in [1.29, 1.82) is 5.41 Å². The molecule has 9 nitrogen and oxygen atoms in total. The van der Waals surface area contributed by atoms with E-state index in [9.17, 15) is 4.79 Å². The van der Waals surface area contributed by atoms with Crippen molar-refractivity contribution in [1.82, 2.24) is 30.4 Å². The molecule has 1 fully saturated rings. The quantitative estimate of drug-likeness (QED) is 0.298. The first kappa shape index (κ1) is 24.3. The lowest BCUT2D eigenvalue weighted by atomic mass is 10.1. The average molecular weight is 473 g/mol. The molecule has 0 radical (unpaired) electrons. The molecule has 0 aliphatic carbocycles. The Labute approximate surface area is 205 Å². The van der Waals surface area contributed by atoms with Gasteiger partial charge in [-0.05, 0) is 55.0 Å². The maximum atomic E-state index is 11.9. The van der Waals surface area contributed by atoms with E-state index in [2.05, 4.69) is 44.6 Å². The highest BCUT2D eigenvalue weighted by Crippen LogP contribution is 2.21. The number of nitrogens with one attached hydrogen (secondary N) is 3. The molecule has 3 N–H and O–H groups in total. The van der Waals surface area contributed by atoms with Gasteiger partial charge in [0.15, 0.2) is 5.82 Å². The Morgan fingerprint density at radius 2 is 2.06 bits per heavy atom. The molecule has 4 heterocycles. The Hall–Kier alpha value is -3.88. The number of amides is 1. The largest absolute Gasteiger partial charge is 0.390 e. The standard InChI is InChI=1S/C26H32N8O/c1-18(2)19-13-25(33-30-17-19)32-24-8-7-22-23(31-24)12-20(16-29-22)21(14-27)15-28-9-5-11-34-10-4-3-6-26(34)35/h7-8,12-18,27-28H,3-6,9-11H2,1-2H3,(H,31,32,33)/b21-15+,27-14?. The lowest BCUT2D eigenvalue weighted by molar-refractivity contribution is -0.133. The van der Waals surface area contributed by atoms with E-state index in [1.807, 2.05) is 35.4 Å². The smallest absolute Gasteiger partial charge is 0.222 e. The number of hydrogen-bond acceptors (Lipinski definition) is 8. The van der Waals surface area contributed by atoms with Crippen molar-refractivity contribution in [2.75, 3.05) is 25.0 Å². The Morgan fingerprint density at radius 3 is 2.86 bits per heavy atom. The molecular formula is C26H32N8O. The van der Waals surface area contributed by atoms with Gasteiger partial charge in [-0.25, -0.2) is 4.98 Å². The molecule has 182 valence electrons. The molecule has 0 atom stereocenters. The van der Waals surface area contributed by atoms with Crippen LogP contribution in [0.1, 0.15) is 56.6 Å². The van der Waals surface area contributed by atoms with Gasteiger partial charge >= 0.3 is 0 Å². The normalized spacial score (nSPS) is 14.4. The Bertz CT molecular complexity index is 1220. The third-order valence-electron chi connectivity index (χ3n) is 6.05. The molecule has 1 amide bonds. The predicted octanol–water partition coefficient (Wildman–Crippen LogP) is 4.27. The van der Waals surface area contributed by atoms with E-state index in [0.717, 1.165) is 61.1 Å². The van der Waals surface area contributed by atoms with Crippen molar-refractivity contribution in [3.05, 3.63) is 54.0 Å². The zero-order valence-electron chi connectivity index (χ0n) is 20.3. The molecule has 0 saturated carbocycles. The van der Waals surface area contributed by atoms with Crippen LogP contribution in [0.5, 0.6) is 0 Å². The summed E-state index contributed by atoms with van der Waals surface area (Å²) in [5.74, 6) is 1.91. The highest BCUT2D eigenvalue weighted by molar-refractivity contribution is 6.08. The predicted molar refractivity (Wildman–Crippen MR) is 139 cm³/mol. The summed E-state index contributed by atoms with van der Waals surface area (Å²) in [4.78, 5) is 23.1. The van der Waals surface area contributed by atoms with E-state index in [0.29, 0.717) is 29.5 Å². The van der Waals surface area contributed by atoms with Gasteiger partial charge in [0.05, 0.1) is 17.2 Å². The molecule has 0 aromatic carbocycles. The van der Waals surface area contributed by atoms with Crippen molar-refractivity contribution < 1.29 is 4.79 Å². The van der Waals surface area contributed by atoms with Gasteiger partial charge in [-0.1, -0.05) is 13.8 Å². The summed E-state index contributed by atoms with van der Waals surface area (Å²) < 4.78 is 0. The minimum absolute atomic E-state index is 0.259. The van der Waals surface area contributed by atoms with E-state index >= 15 is 0 Å². The van der Waals surface area contributed by atoms with Crippen LogP contribution in [0.2, 0.25) is 0 Å². The number of pyridine rings is 2. The van der Waals surface area contributed by atoms with Crippen LogP contribution in [-0.2, 0) is 4.79 Å². The molecule has 1 saturated heterocycles. The van der Waals surface area contributed by atoms with Crippen molar-refractivity contribution in [3.8, 4) is 0 Å². The number of rotatable bonds is 10. The maximum Gasteiger partial charge on any atom is 0.222 e. The number of nitrogens with zero attached hydrogens (tertiary/aromatic N) is 5. The molecule has 1 aliphatic rings. The van der Waals surface area contributed by atoms with Crippen LogP contribution in [0.25, 0.3) is 16.6 Å². The Kier molecular flexibility index (Phi) is 7.97. The second kappa shape index (κ2) is 11.5. The SMILES string of the molecule is CC(C)c1cnnc(Nc2ccc3ncc(/C(C=N)=C/NCCCN4CCCCC4=O)cc3n2)c1. The summed E-state index contributed by atoms with van der Waals surface area (Å²) in [7, 11) is 0. The second-order valence-electron chi connectivity index (χ2n) is 9.00. The molecule has 0 spiro atoms. The minimum Gasteiger partial charge on any atom is -0.390 e. The monoisotopic (exact) mass is 472 g/mol. The first-order valence-corrected chi connectivity index (χ1v) is 12.1. The second-order valence-corrected chi connectivity index (χ2v) is 9.00. The summed E-state index contributed by atoms with van der Waals surface area (Å²) >= 11 is 0. The third-order valence-corrected chi connectivity index (χ3v) is 6.05. The Balaban J connectivity index is 1.41. The van der Waals surface area contributed by atoms with Crippen LogP contribution in [0.3, 0.4) is 0 Å². The number of hydrogen-bond donors (Lipinski definition) is 3. The fraction of sp³-hybridized carbons (Fsp3) is 0.385. The fourth-order valence-corrected chi connectivity index (χ4v) is 3.98. The lowest BCUT2D eigenvalue weighted by Gasteiger charge is -2.26. The van der Waals surface area contributed by atoms with Gasteiger partial charge in [-0.3, -0.25) is 9.78 Å². The number of fused-ring (bicyclic) bond motifs is 1. The number of carbonyl (C=O) groups excluding carboxylic acids is 1. The first-order valence-electron chi connectivity index (χ1n) is 12.1. The molecule has 4 rings (SSSR count). The van der Waals surface area contributed by atoms with E-state index in [4.69, 9.17) is 5.41 Å². The molecule has 35 heavy (non-hydrogen) atoms. The lowest BCUT2D eigenvalue weighted by Crippen LogP contribution is -2.36. The number of carbonyl (C=O) groups is 1. The summed E-state index contributed by atoms with van der Waals surface area (Å²) in [6.45, 7) is 6.58. The number of piperidine rings is 1. The molecule has 9 heteroatoms. The number of allylic oxidation sites excluding steroid dienone is 1. The van der Waals surface area contributed by atoms with Gasteiger partial charge in [0.25, 0.3) is 0 Å². The van der Waals surface area contributed by atoms with Gasteiger partial charge in [0, 0.05) is 55.8 Å². The van der Waals surface area contributed by atoms with Crippen LogP contribution in [-0.4, -0.2) is 56.8 Å². The summed E-state index contributed by atoms with van der Waals surface area (Å²) in [5, 5.41) is 22.6. The van der Waals surface area contributed by atoms with Crippen molar-refractivity contribution in [3.63, 3.8) is 0 Å². The van der Waals surface area contributed by atoms with Gasteiger partial charge in [-0.2, -0.15) is 5.10 Å². The topological polar surface area (TPSA) is 120 Å². The van der Waals surface area contributed by atoms with E-state index in [1.165, 1.54) is 6.21 Å². The van der Waals surface area contributed by atoms with Gasteiger partial charge in [-0.15, -0.1) is 5.10 Å². The molecule has 0 bridgehead atoms. The maximum absolute atomic E-state index is 11.9. The summed E-state index contributed by atoms with van der Waals surface area (Å²) in [6, 6.07) is 7.67. The zero-order chi connectivity index (χ0) is 24.6. The first-order chi connectivity index (χ1) is 17.0. The fourth-order valence-electron chi connectivity index (χ4n) is 3.98. The van der Waals surface area contributed by atoms with Crippen molar-refractivity contribution >= 4 is 40.4 Å². The van der Waals surface area contributed by atoms with Crippen LogP contribution >= 0.6 is 0 Å². The van der Waals surface area contributed by atoms with Crippen LogP contribution in [0.15, 0.2) is 42.9 Å². The number of anilines is 2. The third kappa shape index (κ3) is 6.38. The summed E-state index contributed by atoms with van der Waals surface area (Å²) in [5.41, 5.74) is 4.10. The van der Waals surface area contributed by atoms with E-state index in [-0.39, 0.29) is 5.91 Å². The number of likely N-dealkylation sites (tertiary alicyclic amines) is 1. The zero-order valence-corrected chi connectivity index (χ0v) is 20.3. The van der Waals surface area contributed by atoms with Crippen LogP contribution in [0, 0.1) is 5.41 Å². The van der Waals surface area contributed by atoms with Crippen LogP contribution < -0.4 is 10.6 Å². The Morgan fingerprint density at radius 1 is 1.17 bits per heavy atom. The van der Waals surface area contributed by atoms with Gasteiger partial charge in [0.1, 0.15) is 5.82 Å². The minimum atomic E-state index is 0.259. The van der Waals surface area contributed by atoms with Gasteiger partial charge < -0.3 is 20.9 Å². The van der Waals surface area contributed by atoms with E-state index < -0.39 is 0 Å². The molecule has 3 aromatic rings. The molecular weight excluding hydrogens is 440 g/mol. The number of aromatic nitrogens is 4. The van der Waals surface area contributed by atoms with Gasteiger partial charge in [0.2, 0.25) is 5.91 Å². The van der Waals surface area contributed by atoms with Crippen LogP contribution in [0.4, 0.5) is 11.6 Å². The van der Waals surface area contributed by atoms with E-state index in [1.54, 1.807) is 12.4 Å². The van der Waals surface area contributed by atoms with Crippen molar-refractivity contribution in [2.24, 2.45) is 0 Å². The highest BCUT2D eigenvalue weighted by atomic mass is 16.2. The molecule has 0 unspecified atom stereocenters. The van der Waals surface area contributed by atoms with Crippen molar-refractivity contribution in [2.45, 2.75) is 45.4 Å².